The first-order chi connectivity index (χ1) is 20.5. The van der Waals surface area contributed by atoms with Crippen LogP contribution in [0.25, 0.3) is 11.3 Å². The highest BCUT2D eigenvalue weighted by molar-refractivity contribution is 5.72. The van der Waals surface area contributed by atoms with E-state index >= 15 is 0 Å². The van der Waals surface area contributed by atoms with E-state index in [0.29, 0.717) is 32.2 Å². The van der Waals surface area contributed by atoms with E-state index in [-0.39, 0.29) is 6.10 Å². The Morgan fingerprint density at radius 3 is 2.69 bits per heavy atom. The third-order valence-corrected chi connectivity index (χ3v) is 9.13. The topological polar surface area (TPSA) is 84.4 Å². The van der Waals surface area contributed by atoms with Crippen LogP contribution in [0.1, 0.15) is 41.5 Å². The lowest BCUT2D eigenvalue weighted by Gasteiger charge is -2.37. The van der Waals surface area contributed by atoms with Gasteiger partial charge in [-0.05, 0) is 73.1 Å². The number of ether oxygens (including phenoxy) is 3. The normalized spacial score (nSPS) is 21.6. The van der Waals surface area contributed by atoms with Crippen molar-refractivity contribution in [2.75, 3.05) is 44.9 Å². The second-order valence-corrected chi connectivity index (χ2v) is 11.7. The van der Waals surface area contributed by atoms with Crippen LogP contribution in [0.5, 0.6) is 5.75 Å². The minimum absolute atomic E-state index is 0.374. The molecule has 0 unspecified atom stereocenters. The Kier molecular flexibility index (Phi) is 8.74. The number of hydrogen-bond acceptors (Lipinski definition) is 7. The third kappa shape index (κ3) is 6.16. The van der Waals surface area contributed by atoms with Gasteiger partial charge in [-0.3, -0.25) is 9.69 Å². The molecule has 0 radical (unpaired) electrons. The van der Waals surface area contributed by atoms with Gasteiger partial charge in [0.2, 0.25) is 0 Å². The van der Waals surface area contributed by atoms with Gasteiger partial charge in [0.1, 0.15) is 18.2 Å². The number of aliphatic carboxylic acids is 1. The monoisotopic (exact) mass is 571 g/mol. The van der Waals surface area contributed by atoms with Crippen molar-refractivity contribution in [1.82, 2.24) is 9.88 Å². The highest BCUT2D eigenvalue weighted by Crippen LogP contribution is 2.35. The molecule has 4 heterocycles. The van der Waals surface area contributed by atoms with Crippen molar-refractivity contribution in [3.8, 4) is 17.0 Å². The Morgan fingerprint density at radius 1 is 1.05 bits per heavy atom. The number of benzene rings is 2. The first-order valence-electron chi connectivity index (χ1n) is 15.1. The zero-order valence-electron chi connectivity index (χ0n) is 24.6. The van der Waals surface area contributed by atoms with E-state index in [1.165, 1.54) is 16.7 Å². The van der Waals surface area contributed by atoms with Crippen LogP contribution in [0.4, 0.5) is 5.82 Å². The van der Waals surface area contributed by atoms with E-state index < -0.39 is 11.9 Å². The molecule has 3 aliphatic heterocycles. The minimum Gasteiger partial charge on any atom is -0.488 e. The van der Waals surface area contributed by atoms with Crippen LogP contribution in [0.3, 0.4) is 0 Å². The van der Waals surface area contributed by atoms with Gasteiger partial charge >= 0.3 is 5.97 Å². The maximum Gasteiger partial charge on any atom is 0.309 e. The van der Waals surface area contributed by atoms with E-state index in [9.17, 15) is 9.90 Å². The fourth-order valence-corrected chi connectivity index (χ4v) is 6.68. The molecule has 0 spiro atoms. The number of rotatable bonds is 8. The number of aryl methyl sites for hydroxylation is 1. The van der Waals surface area contributed by atoms with Crippen molar-refractivity contribution >= 4 is 11.8 Å². The predicted octanol–water partition coefficient (Wildman–Crippen LogP) is 5.10. The molecule has 1 aromatic heterocycles. The zero-order chi connectivity index (χ0) is 29.1. The second kappa shape index (κ2) is 12.8. The van der Waals surface area contributed by atoms with E-state index in [1.54, 1.807) is 7.11 Å². The molecule has 3 aliphatic rings. The zero-order valence-corrected chi connectivity index (χ0v) is 24.6. The summed E-state index contributed by atoms with van der Waals surface area (Å²) in [7, 11) is 1.58. The predicted molar refractivity (Wildman–Crippen MR) is 162 cm³/mol. The second-order valence-electron chi connectivity index (χ2n) is 11.7. The number of fused-ring (bicyclic) bond motifs is 1. The molecule has 0 aliphatic carbocycles. The average molecular weight is 572 g/mol. The van der Waals surface area contributed by atoms with Crippen LogP contribution in [-0.2, 0) is 33.8 Å². The van der Waals surface area contributed by atoms with E-state index in [1.807, 2.05) is 24.3 Å². The molecular weight excluding hydrogens is 530 g/mol. The van der Waals surface area contributed by atoms with Gasteiger partial charge in [0, 0.05) is 58.1 Å². The fraction of sp³-hybridized carbons (Fsp3) is 0.471. The van der Waals surface area contributed by atoms with Crippen LogP contribution >= 0.6 is 0 Å². The first-order valence-corrected chi connectivity index (χ1v) is 15.1. The van der Waals surface area contributed by atoms with Gasteiger partial charge in [-0.25, -0.2) is 4.98 Å². The Labute approximate surface area is 248 Å². The molecule has 8 heteroatoms. The molecule has 0 saturated carbocycles. The van der Waals surface area contributed by atoms with E-state index in [2.05, 4.69) is 47.1 Å². The Hall–Kier alpha value is -3.46. The standard InChI is InChI=1S/C34H41N3O5/c1-23-5-3-6-28(30-7-4-8-32(35-30)37-16-12-29(34(38)39)31(21-37)40-2)33(23)42-22-24-9-10-26-20-36(15-11-25(26)19-24)27-13-17-41-18-14-27/h3-10,19,27,29,31H,11-18,20-22H2,1-2H3,(H,38,39)/t29-,31+/m1/s1. The SMILES string of the molecule is CO[C@H]1CN(c2cccc(-c3cccc(C)c3OCc3ccc4c(c3)CCN(C3CCOCC3)C4)n2)CC[C@H]1C(=O)O. The number of pyridine rings is 1. The van der Waals surface area contributed by atoms with Crippen LogP contribution in [0.2, 0.25) is 0 Å². The van der Waals surface area contributed by atoms with Gasteiger partial charge < -0.3 is 24.2 Å². The fourth-order valence-electron chi connectivity index (χ4n) is 6.68. The van der Waals surface area contributed by atoms with Gasteiger partial charge in [0.25, 0.3) is 0 Å². The summed E-state index contributed by atoms with van der Waals surface area (Å²) in [5.74, 6) is 0.349. The Morgan fingerprint density at radius 2 is 1.88 bits per heavy atom. The molecule has 3 aromatic rings. The highest BCUT2D eigenvalue weighted by atomic mass is 16.5. The Balaban J connectivity index is 1.16. The van der Waals surface area contributed by atoms with Crippen molar-refractivity contribution in [3.05, 3.63) is 76.9 Å². The summed E-state index contributed by atoms with van der Waals surface area (Å²) in [6.07, 6.45) is 3.48. The van der Waals surface area contributed by atoms with Gasteiger partial charge in [-0.15, -0.1) is 0 Å². The summed E-state index contributed by atoms with van der Waals surface area (Å²) >= 11 is 0. The summed E-state index contributed by atoms with van der Waals surface area (Å²) < 4.78 is 17.6. The van der Waals surface area contributed by atoms with E-state index in [4.69, 9.17) is 19.2 Å². The number of piperidine rings is 1. The Bertz CT molecular complexity index is 1410. The smallest absolute Gasteiger partial charge is 0.309 e. The van der Waals surface area contributed by atoms with Gasteiger partial charge in [-0.1, -0.05) is 36.4 Å². The van der Waals surface area contributed by atoms with Crippen LogP contribution < -0.4 is 9.64 Å². The molecule has 2 fully saturated rings. The maximum atomic E-state index is 11.6. The lowest BCUT2D eigenvalue weighted by Crippen LogP contribution is -2.47. The summed E-state index contributed by atoms with van der Waals surface area (Å²) in [4.78, 5) is 21.4. The number of aromatic nitrogens is 1. The molecular formula is C34H41N3O5. The lowest BCUT2D eigenvalue weighted by atomic mass is 9.94. The molecule has 222 valence electrons. The van der Waals surface area contributed by atoms with Crippen molar-refractivity contribution in [1.29, 1.82) is 0 Å². The molecule has 2 aromatic carbocycles. The number of carboxylic acid groups (broad SMARTS) is 1. The third-order valence-electron chi connectivity index (χ3n) is 9.13. The van der Waals surface area contributed by atoms with E-state index in [0.717, 1.165) is 74.0 Å². The molecule has 0 bridgehead atoms. The average Bonchev–Trinajstić information content (AvgIpc) is 3.03. The number of anilines is 1. The summed E-state index contributed by atoms with van der Waals surface area (Å²) in [6.45, 7) is 7.56. The molecule has 8 nitrogen and oxygen atoms in total. The minimum atomic E-state index is -0.805. The van der Waals surface area contributed by atoms with Crippen LogP contribution in [0, 0.1) is 12.8 Å². The number of hydrogen-bond donors (Lipinski definition) is 1. The number of carbonyl (C=O) groups is 1. The number of para-hydroxylation sites is 1. The maximum absolute atomic E-state index is 11.6. The lowest BCUT2D eigenvalue weighted by molar-refractivity contribution is -0.147. The molecule has 2 saturated heterocycles. The summed E-state index contributed by atoms with van der Waals surface area (Å²) in [6, 6.07) is 19.6. The van der Waals surface area contributed by atoms with Crippen molar-refractivity contribution in [2.45, 2.75) is 57.9 Å². The van der Waals surface area contributed by atoms with Gasteiger partial charge in [-0.2, -0.15) is 0 Å². The molecule has 2 atom stereocenters. The number of nitrogens with zero attached hydrogens (tertiary/aromatic N) is 3. The largest absolute Gasteiger partial charge is 0.488 e. The first kappa shape index (κ1) is 28.6. The molecule has 0 amide bonds. The van der Waals surface area contributed by atoms with Gasteiger partial charge in [0.15, 0.2) is 0 Å². The van der Waals surface area contributed by atoms with Crippen molar-refractivity contribution in [2.24, 2.45) is 5.92 Å². The van der Waals surface area contributed by atoms with Crippen LogP contribution in [0.15, 0.2) is 54.6 Å². The quantitative estimate of drug-likeness (QED) is 0.400. The highest BCUT2D eigenvalue weighted by Gasteiger charge is 2.35. The molecule has 6 rings (SSSR count). The molecule has 1 N–H and O–H groups in total. The number of methoxy groups -OCH3 is 1. The van der Waals surface area contributed by atoms with Crippen molar-refractivity contribution < 1.29 is 24.1 Å². The van der Waals surface area contributed by atoms with Gasteiger partial charge in [0.05, 0.1) is 17.7 Å². The number of carboxylic acids is 1. The van der Waals surface area contributed by atoms with Crippen LogP contribution in [-0.4, -0.2) is 73.1 Å². The van der Waals surface area contributed by atoms with Crippen molar-refractivity contribution in [3.63, 3.8) is 0 Å². The summed E-state index contributed by atoms with van der Waals surface area (Å²) in [5, 5.41) is 9.56. The summed E-state index contributed by atoms with van der Waals surface area (Å²) in [5.41, 5.74) is 6.88. The molecule has 42 heavy (non-hydrogen) atoms.